The molecule has 0 aliphatic rings. The molecule has 0 spiro atoms. The number of ether oxygens (including phenoxy) is 1. The SMILES string of the molecule is Cc1ccc(Cl)c(NCC(O)COCc2cccs2)c1. The van der Waals surface area contributed by atoms with Crippen molar-refractivity contribution >= 4 is 28.6 Å². The van der Waals surface area contributed by atoms with Crippen LogP contribution in [0.2, 0.25) is 5.02 Å². The predicted molar refractivity (Wildman–Crippen MR) is 84.7 cm³/mol. The zero-order chi connectivity index (χ0) is 14.4. The van der Waals surface area contributed by atoms with E-state index >= 15 is 0 Å². The van der Waals surface area contributed by atoms with E-state index in [1.807, 2.05) is 42.6 Å². The normalized spacial score (nSPS) is 12.3. The molecule has 108 valence electrons. The van der Waals surface area contributed by atoms with Crippen LogP contribution in [0.25, 0.3) is 0 Å². The van der Waals surface area contributed by atoms with Crippen molar-refractivity contribution in [2.24, 2.45) is 0 Å². The molecule has 20 heavy (non-hydrogen) atoms. The lowest BCUT2D eigenvalue weighted by Crippen LogP contribution is -2.24. The third-order valence-electron chi connectivity index (χ3n) is 2.78. The van der Waals surface area contributed by atoms with E-state index in [1.165, 1.54) is 0 Å². The molecule has 5 heteroatoms. The van der Waals surface area contributed by atoms with E-state index in [4.69, 9.17) is 16.3 Å². The minimum atomic E-state index is -0.563. The Balaban J connectivity index is 1.71. The van der Waals surface area contributed by atoms with Crippen molar-refractivity contribution in [3.8, 4) is 0 Å². The number of halogens is 1. The number of aliphatic hydroxyl groups excluding tert-OH is 1. The summed E-state index contributed by atoms with van der Waals surface area (Å²) in [6, 6.07) is 9.76. The topological polar surface area (TPSA) is 41.5 Å². The summed E-state index contributed by atoms with van der Waals surface area (Å²) in [5.41, 5.74) is 1.96. The first-order valence-electron chi connectivity index (χ1n) is 6.43. The number of thiophene rings is 1. The van der Waals surface area contributed by atoms with E-state index in [0.29, 0.717) is 24.8 Å². The highest BCUT2D eigenvalue weighted by atomic mass is 35.5. The standard InChI is InChI=1S/C15H18ClNO2S/c1-11-4-5-14(16)15(7-11)17-8-12(18)9-19-10-13-3-2-6-20-13/h2-7,12,17-18H,8-10H2,1H3. The second-order valence-electron chi connectivity index (χ2n) is 4.61. The first-order valence-corrected chi connectivity index (χ1v) is 7.69. The molecule has 0 fully saturated rings. The van der Waals surface area contributed by atoms with E-state index in [2.05, 4.69) is 5.32 Å². The third kappa shape index (κ3) is 4.80. The molecular formula is C15H18ClNO2S. The van der Waals surface area contributed by atoms with Crippen molar-refractivity contribution in [2.45, 2.75) is 19.6 Å². The fourth-order valence-corrected chi connectivity index (χ4v) is 2.58. The predicted octanol–water partition coefficient (Wildman–Crippen LogP) is 3.70. The molecular weight excluding hydrogens is 294 g/mol. The summed E-state index contributed by atoms with van der Waals surface area (Å²) in [6.45, 7) is 3.25. The van der Waals surface area contributed by atoms with Crippen molar-refractivity contribution in [3.05, 3.63) is 51.2 Å². The molecule has 1 unspecified atom stereocenters. The molecule has 0 saturated heterocycles. The average molecular weight is 312 g/mol. The molecule has 2 aromatic rings. The van der Waals surface area contributed by atoms with Crippen LogP contribution in [0.4, 0.5) is 5.69 Å². The molecule has 0 aliphatic heterocycles. The quantitative estimate of drug-likeness (QED) is 0.819. The van der Waals surface area contributed by atoms with Crippen molar-refractivity contribution < 1.29 is 9.84 Å². The summed E-state index contributed by atoms with van der Waals surface area (Å²) in [6.07, 6.45) is -0.563. The maximum Gasteiger partial charge on any atom is 0.0945 e. The molecule has 2 rings (SSSR count). The number of anilines is 1. The Kier molecular flexibility index (Phi) is 5.86. The Hall–Kier alpha value is -1.07. The Bertz CT molecular complexity index is 531. The third-order valence-corrected chi connectivity index (χ3v) is 3.96. The van der Waals surface area contributed by atoms with Gasteiger partial charge in [0.05, 0.1) is 30.0 Å². The van der Waals surface area contributed by atoms with Crippen LogP contribution in [0.1, 0.15) is 10.4 Å². The number of hydrogen-bond donors (Lipinski definition) is 2. The van der Waals surface area contributed by atoms with Crippen LogP contribution in [0.3, 0.4) is 0 Å². The van der Waals surface area contributed by atoms with Gasteiger partial charge in [0, 0.05) is 11.4 Å². The maximum absolute atomic E-state index is 9.87. The smallest absolute Gasteiger partial charge is 0.0945 e. The van der Waals surface area contributed by atoms with E-state index in [1.54, 1.807) is 11.3 Å². The molecule has 3 nitrogen and oxygen atoms in total. The zero-order valence-electron chi connectivity index (χ0n) is 11.3. The summed E-state index contributed by atoms with van der Waals surface area (Å²) in [7, 11) is 0. The van der Waals surface area contributed by atoms with Crippen LogP contribution in [0, 0.1) is 6.92 Å². The van der Waals surface area contributed by atoms with Crippen LogP contribution < -0.4 is 5.32 Å². The maximum atomic E-state index is 9.87. The Morgan fingerprint density at radius 2 is 2.25 bits per heavy atom. The van der Waals surface area contributed by atoms with E-state index in [0.717, 1.165) is 16.1 Å². The molecule has 1 aromatic heterocycles. The minimum absolute atomic E-state index is 0.300. The van der Waals surface area contributed by atoms with Gasteiger partial charge >= 0.3 is 0 Å². The van der Waals surface area contributed by atoms with Crippen LogP contribution in [0.15, 0.2) is 35.7 Å². The molecule has 0 saturated carbocycles. The molecule has 1 atom stereocenters. The number of aryl methyl sites for hydroxylation is 1. The van der Waals surface area contributed by atoms with Gasteiger partial charge in [0.15, 0.2) is 0 Å². The number of rotatable bonds is 7. The van der Waals surface area contributed by atoms with Crippen LogP contribution in [-0.2, 0) is 11.3 Å². The molecule has 0 amide bonds. The lowest BCUT2D eigenvalue weighted by Gasteiger charge is -2.14. The minimum Gasteiger partial charge on any atom is -0.389 e. The molecule has 0 bridgehead atoms. The van der Waals surface area contributed by atoms with Gasteiger partial charge in [-0.25, -0.2) is 0 Å². The number of aliphatic hydroxyl groups is 1. The van der Waals surface area contributed by atoms with Gasteiger partial charge in [0.2, 0.25) is 0 Å². The number of hydrogen-bond acceptors (Lipinski definition) is 4. The molecule has 1 aromatic carbocycles. The zero-order valence-corrected chi connectivity index (χ0v) is 12.9. The van der Waals surface area contributed by atoms with Gasteiger partial charge in [-0.15, -0.1) is 11.3 Å². The number of benzene rings is 1. The summed E-state index contributed by atoms with van der Waals surface area (Å²) >= 11 is 7.73. The Labute approximate surface area is 128 Å². The van der Waals surface area contributed by atoms with Gasteiger partial charge in [-0.3, -0.25) is 0 Å². The van der Waals surface area contributed by atoms with Crippen molar-refractivity contribution in [2.75, 3.05) is 18.5 Å². The summed E-state index contributed by atoms with van der Waals surface area (Å²) < 4.78 is 5.47. The highest BCUT2D eigenvalue weighted by Gasteiger charge is 2.06. The lowest BCUT2D eigenvalue weighted by molar-refractivity contribution is 0.0359. The van der Waals surface area contributed by atoms with Gasteiger partial charge in [-0.1, -0.05) is 23.7 Å². The molecule has 1 heterocycles. The van der Waals surface area contributed by atoms with Crippen molar-refractivity contribution in [1.82, 2.24) is 0 Å². The highest BCUT2D eigenvalue weighted by Crippen LogP contribution is 2.22. The second-order valence-corrected chi connectivity index (χ2v) is 6.05. The van der Waals surface area contributed by atoms with Gasteiger partial charge in [-0.05, 0) is 36.1 Å². The van der Waals surface area contributed by atoms with E-state index in [-0.39, 0.29) is 0 Å². The first-order chi connectivity index (χ1) is 9.65. The van der Waals surface area contributed by atoms with Crippen LogP contribution >= 0.6 is 22.9 Å². The Morgan fingerprint density at radius 1 is 1.40 bits per heavy atom. The molecule has 2 N–H and O–H groups in total. The van der Waals surface area contributed by atoms with Crippen LogP contribution in [-0.4, -0.2) is 24.4 Å². The van der Waals surface area contributed by atoms with Gasteiger partial charge in [0.1, 0.15) is 0 Å². The van der Waals surface area contributed by atoms with Gasteiger partial charge < -0.3 is 15.2 Å². The second kappa shape index (κ2) is 7.64. The number of nitrogens with one attached hydrogen (secondary N) is 1. The van der Waals surface area contributed by atoms with Crippen molar-refractivity contribution in [3.63, 3.8) is 0 Å². The summed E-state index contributed by atoms with van der Waals surface area (Å²) in [4.78, 5) is 1.16. The lowest BCUT2D eigenvalue weighted by atomic mass is 10.2. The largest absolute Gasteiger partial charge is 0.389 e. The van der Waals surface area contributed by atoms with Crippen LogP contribution in [0.5, 0.6) is 0 Å². The van der Waals surface area contributed by atoms with Gasteiger partial charge in [0.25, 0.3) is 0 Å². The molecule has 0 radical (unpaired) electrons. The average Bonchev–Trinajstić information content (AvgIpc) is 2.93. The summed E-state index contributed by atoms with van der Waals surface area (Å²) in [5, 5.41) is 15.7. The molecule has 0 aliphatic carbocycles. The van der Waals surface area contributed by atoms with E-state index < -0.39 is 6.10 Å². The monoisotopic (exact) mass is 311 g/mol. The fraction of sp³-hybridized carbons (Fsp3) is 0.333. The van der Waals surface area contributed by atoms with E-state index in [9.17, 15) is 5.11 Å². The van der Waals surface area contributed by atoms with Crippen molar-refractivity contribution in [1.29, 1.82) is 0 Å². The summed E-state index contributed by atoms with van der Waals surface area (Å²) in [5.74, 6) is 0. The Morgan fingerprint density at radius 3 is 3.00 bits per heavy atom. The fourth-order valence-electron chi connectivity index (χ4n) is 1.75. The highest BCUT2D eigenvalue weighted by molar-refractivity contribution is 7.09. The first kappa shape index (κ1) is 15.3. The van der Waals surface area contributed by atoms with Gasteiger partial charge in [-0.2, -0.15) is 0 Å².